The van der Waals surface area contributed by atoms with Crippen LogP contribution in [0.15, 0.2) is 41.1 Å². The van der Waals surface area contributed by atoms with Crippen LogP contribution in [0.5, 0.6) is 11.8 Å². The molecule has 0 saturated heterocycles. The van der Waals surface area contributed by atoms with Crippen LogP contribution in [0.25, 0.3) is 0 Å². The number of benzene rings is 1. The predicted octanol–water partition coefficient (Wildman–Crippen LogP) is 4.05. The van der Waals surface area contributed by atoms with Crippen LogP contribution in [0.4, 0.5) is 13.2 Å². The summed E-state index contributed by atoms with van der Waals surface area (Å²) in [6.45, 7) is 0. The van der Waals surface area contributed by atoms with E-state index in [2.05, 4.69) is 25.9 Å². The summed E-state index contributed by atoms with van der Waals surface area (Å²) in [4.78, 5) is 7.54. The van der Waals surface area contributed by atoms with Gasteiger partial charge in [0.1, 0.15) is 5.75 Å². The zero-order valence-electron chi connectivity index (χ0n) is 8.78. The normalized spacial score (nSPS) is 11.3. The van der Waals surface area contributed by atoms with Crippen LogP contribution in [-0.4, -0.2) is 9.97 Å². The Bertz CT molecular complexity index is 546. The second-order valence-electron chi connectivity index (χ2n) is 3.28. The predicted molar refractivity (Wildman–Crippen MR) is 61.3 cm³/mol. The van der Waals surface area contributed by atoms with Gasteiger partial charge in [0.2, 0.25) is 0 Å². The summed E-state index contributed by atoms with van der Waals surface area (Å²) in [6.07, 6.45) is -1.55. The Kier molecular flexibility index (Phi) is 3.51. The third-order valence-corrected chi connectivity index (χ3v) is 2.66. The van der Waals surface area contributed by atoms with Crippen molar-refractivity contribution in [3.05, 3.63) is 46.7 Å². The zero-order chi connectivity index (χ0) is 13.2. The van der Waals surface area contributed by atoms with Crippen molar-refractivity contribution in [3.63, 3.8) is 0 Å². The molecule has 1 aromatic carbocycles. The maximum Gasteiger partial charge on any atom is 0.416 e. The monoisotopic (exact) mass is 318 g/mol. The van der Waals surface area contributed by atoms with Crippen molar-refractivity contribution < 1.29 is 17.9 Å². The van der Waals surface area contributed by atoms with Crippen molar-refractivity contribution in [1.82, 2.24) is 9.97 Å². The summed E-state index contributed by atoms with van der Waals surface area (Å²) in [5.74, 6) is 0.0102. The maximum absolute atomic E-state index is 12.5. The molecule has 0 radical (unpaired) electrons. The Hall–Kier alpha value is -1.63. The molecule has 0 atom stereocenters. The van der Waals surface area contributed by atoms with Crippen molar-refractivity contribution >= 4 is 15.9 Å². The highest BCUT2D eigenvalue weighted by Crippen LogP contribution is 2.36. The molecular weight excluding hydrogens is 313 g/mol. The standard InChI is InChI=1S/C11H6BrF3N2O/c12-8-3-2-7(11(13,14)15)6-9(8)18-10-16-4-1-5-17-10/h1-6H. The van der Waals surface area contributed by atoms with E-state index in [0.717, 1.165) is 12.1 Å². The average molecular weight is 319 g/mol. The minimum atomic E-state index is -4.42. The zero-order valence-corrected chi connectivity index (χ0v) is 10.4. The van der Waals surface area contributed by atoms with Gasteiger partial charge in [-0.15, -0.1) is 0 Å². The number of rotatable bonds is 2. The largest absolute Gasteiger partial charge is 0.423 e. The topological polar surface area (TPSA) is 35.0 Å². The number of halogens is 4. The molecule has 0 fully saturated rings. The molecule has 7 heteroatoms. The van der Waals surface area contributed by atoms with Gasteiger partial charge in [0, 0.05) is 12.4 Å². The Morgan fingerprint density at radius 1 is 1.11 bits per heavy atom. The van der Waals surface area contributed by atoms with Gasteiger partial charge < -0.3 is 4.74 Å². The first-order chi connectivity index (χ1) is 8.47. The molecule has 0 amide bonds. The first kappa shape index (κ1) is 12.8. The van der Waals surface area contributed by atoms with Gasteiger partial charge in [-0.1, -0.05) is 0 Å². The number of ether oxygens (including phenoxy) is 1. The summed E-state index contributed by atoms with van der Waals surface area (Å²) in [5.41, 5.74) is -0.795. The van der Waals surface area contributed by atoms with Crippen LogP contribution in [0.3, 0.4) is 0 Å². The molecule has 94 valence electrons. The van der Waals surface area contributed by atoms with Crippen molar-refractivity contribution in [3.8, 4) is 11.8 Å². The average Bonchev–Trinajstić information content (AvgIpc) is 2.32. The summed E-state index contributed by atoms with van der Waals surface area (Å²) < 4.78 is 43.2. The van der Waals surface area contributed by atoms with E-state index < -0.39 is 11.7 Å². The van der Waals surface area contributed by atoms with Crippen LogP contribution >= 0.6 is 15.9 Å². The lowest BCUT2D eigenvalue weighted by Crippen LogP contribution is -2.05. The Morgan fingerprint density at radius 3 is 2.39 bits per heavy atom. The van der Waals surface area contributed by atoms with Gasteiger partial charge in [0.25, 0.3) is 0 Å². The van der Waals surface area contributed by atoms with Crippen LogP contribution < -0.4 is 4.74 Å². The molecule has 0 spiro atoms. The van der Waals surface area contributed by atoms with Crippen LogP contribution in [0, 0.1) is 0 Å². The smallest absolute Gasteiger partial charge is 0.416 e. The molecule has 3 nitrogen and oxygen atoms in total. The molecule has 18 heavy (non-hydrogen) atoms. The van der Waals surface area contributed by atoms with E-state index in [0.29, 0.717) is 4.47 Å². The second kappa shape index (κ2) is 4.93. The number of hydrogen-bond acceptors (Lipinski definition) is 3. The number of aromatic nitrogens is 2. The fourth-order valence-corrected chi connectivity index (χ4v) is 1.52. The molecule has 0 saturated carbocycles. The first-order valence-corrected chi connectivity index (χ1v) is 5.58. The van der Waals surface area contributed by atoms with Gasteiger partial charge in [-0.2, -0.15) is 13.2 Å². The minimum absolute atomic E-state index is 0.0102. The van der Waals surface area contributed by atoms with Gasteiger partial charge in [0.15, 0.2) is 0 Å². The van der Waals surface area contributed by atoms with E-state index in [1.54, 1.807) is 6.07 Å². The van der Waals surface area contributed by atoms with Crippen molar-refractivity contribution in [1.29, 1.82) is 0 Å². The van der Waals surface area contributed by atoms with Crippen LogP contribution in [0.1, 0.15) is 5.56 Å². The third kappa shape index (κ3) is 2.98. The molecule has 0 aliphatic heterocycles. The van der Waals surface area contributed by atoms with Gasteiger partial charge in [-0.25, -0.2) is 9.97 Å². The molecule has 0 aliphatic rings. The molecule has 0 aliphatic carbocycles. The summed E-state index contributed by atoms with van der Waals surface area (Å²) in [5, 5.41) is 0. The van der Waals surface area contributed by atoms with Gasteiger partial charge >= 0.3 is 12.2 Å². The molecule has 1 aromatic heterocycles. The number of nitrogens with zero attached hydrogens (tertiary/aromatic N) is 2. The lowest BCUT2D eigenvalue weighted by Gasteiger charge is -2.10. The van der Waals surface area contributed by atoms with E-state index in [9.17, 15) is 13.2 Å². The number of hydrogen-bond donors (Lipinski definition) is 0. The Labute approximate surface area is 109 Å². The summed E-state index contributed by atoms with van der Waals surface area (Å²) >= 11 is 3.11. The summed E-state index contributed by atoms with van der Waals surface area (Å²) in [7, 11) is 0. The lowest BCUT2D eigenvalue weighted by molar-refractivity contribution is -0.137. The Balaban J connectivity index is 2.33. The second-order valence-corrected chi connectivity index (χ2v) is 4.13. The molecular formula is C11H6BrF3N2O. The molecule has 2 rings (SSSR count). The van der Waals surface area contributed by atoms with E-state index in [1.807, 2.05) is 0 Å². The molecule has 2 aromatic rings. The molecule has 0 bridgehead atoms. The third-order valence-electron chi connectivity index (χ3n) is 2.00. The highest BCUT2D eigenvalue weighted by molar-refractivity contribution is 9.10. The van der Waals surface area contributed by atoms with Gasteiger partial charge in [-0.05, 0) is 40.2 Å². The van der Waals surface area contributed by atoms with E-state index >= 15 is 0 Å². The van der Waals surface area contributed by atoms with E-state index in [1.165, 1.54) is 18.5 Å². The van der Waals surface area contributed by atoms with Crippen molar-refractivity contribution in [2.45, 2.75) is 6.18 Å². The fourth-order valence-electron chi connectivity index (χ4n) is 1.19. The quantitative estimate of drug-likeness (QED) is 0.837. The van der Waals surface area contributed by atoms with Crippen LogP contribution in [-0.2, 0) is 6.18 Å². The highest BCUT2D eigenvalue weighted by atomic mass is 79.9. The Morgan fingerprint density at radius 2 is 1.78 bits per heavy atom. The fraction of sp³-hybridized carbons (Fsp3) is 0.0909. The number of alkyl halides is 3. The van der Waals surface area contributed by atoms with Crippen molar-refractivity contribution in [2.75, 3.05) is 0 Å². The van der Waals surface area contributed by atoms with E-state index in [4.69, 9.17) is 4.74 Å². The van der Waals surface area contributed by atoms with Crippen LogP contribution in [0.2, 0.25) is 0 Å². The maximum atomic E-state index is 12.5. The molecule has 0 unspecified atom stereocenters. The highest BCUT2D eigenvalue weighted by Gasteiger charge is 2.31. The molecule has 0 N–H and O–H groups in total. The van der Waals surface area contributed by atoms with Crippen molar-refractivity contribution in [2.24, 2.45) is 0 Å². The van der Waals surface area contributed by atoms with Gasteiger partial charge in [-0.3, -0.25) is 0 Å². The lowest BCUT2D eigenvalue weighted by atomic mass is 10.2. The summed E-state index contributed by atoms with van der Waals surface area (Å²) in [6, 6.07) is 4.68. The van der Waals surface area contributed by atoms with E-state index in [-0.39, 0.29) is 11.8 Å². The minimum Gasteiger partial charge on any atom is -0.423 e. The SMILES string of the molecule is FC(F)(F)c1ccc(Br)c(Oc2ncccn2)c1. The molecule has 1 heterocycles. The van der Waals surface area contributed by atoms with Gasteiger partial charge in [0.05, 0.1) is 10.0 Å². The first-order valence-electron chi connectivity index (χ1n) is 4.78.